The number of ether oxygens (including phenoxy) is 2. The summed E-state index contributed by atoms with van der Waals surface area (Å²) < 4.78 is 10.7. The third-order valence-corrected chi connectivity index (χ3v) is 6.22. The zero-order valence-corrected chi connectivity index (χ0v) is 20.5. The van der Waals surface area contributed by atoms with Crippen LogP contribution in [0.5, 0.6) is 11.5 Å². The van der Waals surface area contributed by atoms with Gasteiger partial charge in [0.2, 0.25) is 0 Å². The number of amides is 1. The fourth-order valence-electron chi connectivity index (χ4n) is 4.08. The van der Waals surface area contributed by atoms with Crippen molar-refractivity contribution in [1.29, 1.82) is 0 Å². The van der Waals surface area contributed by atoms with Gasteiger partial charge >= 0.3 is 0 Å². The number of hydrogen-bond donors (Lipinski definition) is 0. The van der Waals surface area contributed by atoms with Crippen LogP contribution in [0, 0.1) is 0 Å². The Morgan fingerprint density at radius 1 is 0.824 bits per heavy atom. The standard InChI is InChI=1S/C27H32N4O3/c1-27(2,3)21-9-6-19(7-10-21)26(32)31-16-14-30(15-17-31)25-13-11-22(28-29-25)20-8-12-23(33-4)24(18-20)34-5/h6-13,18H,14-17H2,1-5H3. The summed E-state index contributed by atoms with van der Waals surface area (Å²) >= 11 is 0. The van der Waals surface area contributed by atoms with E-state index in [0.29, 0.717) is 24.6 Å². The fraction of sp³-hybridized carbons (Fsp3) is 0.370. The molecule has 0 N–H and O–H groups in total. The van der Waals surface area contributed by atoms with Crippen LogP contribution in [-0.4, -0.2) is 61.4 Å². The average Bonchev–Trinajstić information content (AvgIpc) is 2.87. The summed E-state index contributed by atoms with van der Waals surface area (Å²) in [6.45, 7) is 9.26. The second kappa shape index (κ2) is 9.71. The van der Waals surface area contributed by atoms with Crippen molar-refractivity contribution < 1.29 is 14.3 Å². The van der Waals surface area contributed by atoms with Crippen molar-refractivity contribution in [1.82, 2.24) is 15.1 Å². The fourth-order valence-corrected chi connectivity index (χ4v) is 4.08. The molecule has 7 heteroatoms. The third kappa shape index (κ3) is 4.98. The molecule has 0 radical (unpaired) electrons. The van der Waals surface area contributed by atoms with E-state index in [1.54, 1.807) is 14.2 Å². The van der Waals surface area contributed by atoms with Gasteiger partial charge in [0.15, 0.2) is 17.3 Å². The number of aromatic nitrogens is 2. The quantitative estimate of drug-likeness (QED) is 0.562. The van der Waals surface area contributed by atoms with Crippen molar-refractivity contribution in [3.8, 4) is 22.8 Å². The number of methoxy groups -OCH3 is 2. The van der Waals surface area contributed by atoms with E-state index in [9.17, 15) is 4.79 Å². The Kier molecular flexibility index (Phi) is 6.72. The van der Waals surface area contributed by atoms with Gasteiger partial charge in [0, 0.05) is 37.3 Å². The van der Waals surface area contributed by atoms with Crippen LogP contribution >= 0.6 is 0 Å². The van der Waals surface area contributed by atoms with Gasteiger partial charge in [0.1, 0.15) is 0 Å². The third-order valence-electron chi connectivity index (χ3n) is 6.22. The first kappa shape index (κ1) is 23.5. The summed E-state index contributed by atoms with van der Waals surface area (Å²) in [5.74, 6) is 2.22. The molecule has 2 heterocycles. The highest BCUT2D eigenvalue weighted by molar-refractivity contribution is 5.94. The highest BCUT2D eigenvalue weighted by atomic mass is 16.5. The molecule has 1 saturated heterocycles. The minimum absolute atomic E-state index is 0.0727. The molecule has 0 aliphatic carbocycles. The Morgan fingerprint density at radius 3 is 2.06 bits per heavy atom. The van der Waals surface area contributed by atoms with Crippen LogP contribution in [-0.2, 0) is 5.41 Å². The van der Waals surface area contributed by atoms with E-state index in [0.717, 1.165) is 35.7 Å². The highest BCUT2D eigenvalue weighted by Crippen LogP contribution is 2.31. The number of benzene rings is 2. The first-order valence-corrected chi connectivity index (χ1v) is 11.5. The first-order valence-electron chi connectivity index (χ1n) is 11.5. The lowest BCUT2D eigenvalue weighted by Crippen LogP contribution is -2.49. The molecule has 0 unspecified atom stereocenters. The molecule has 2 aromatic carbocycles. The molecule has 0 bridgehead atoms. The number of nitrogens with zero attached hydrogens (tertiary/aromatic N) is 4. The topological polar surface area (TPSA) is 67.8 Å². The predicted octanol–water partition coefficient (Wildman–Crippen LogP) is 4.42. The maximum absolute atomic E-state index is 13.0. The number of hydrogen-bond acceptors (Lipinski definition) is 6. The molecule has 0 spiro atoms. The van der Waals surface area contributed by atoms with E-state index >= 15 is 0 Å². The lowest BCUT2D eigenvalue weighted by Gasteiger charge is -2.35. The minimum Gasteiger partial charge on any atom is -0.493 e. The molecule has 178 valence electrons. The zero-order chi connectivity index (χ0) is 24.3. The van der Waals surface area contributed by atoms with Gasteiger partial charge in [-0.2, -0.15) is 0 Å². The van der Waals surface area contributed by atoms with Crippen LogP contribution in [0.4, 0.5) is 5.82 Å². The van der Waals surface area contributed by atoms with Crippen molar-refractivity contribution in [2.24, 2.45) is 0 Å². The number of carbonyl (C=O) groups excluding carboxylic acids is 1. The number of piperazine rings is 1. The summed E-state index contributed by atoms with van der Waals surface area (Å²) in [4.78, 5) is 17.0. The molecule has 7 nitrogen and oxygen atoms in total. The van der Waals surface area contributed by atoms with Crippen molar-refractivity contribution in [2.75, 3.05) is 45.3 Å². The van der Waals surface area contributed by atoms with E-state index in [-0.39, 0.29) is 11.3 Å². The van der Waals surface area contributed by atoms with Gasteiger partial charge in [-0.05, 0) is 53.4 Å². The summed E-state index contributed by atoms with van der Waals surface area (Å²) in [6.07, 6.45) is 0. The Hall–Kier alpha value is -3.61. The van der Waals surface area contributed by atoms with Gasteiger partial charge in [0.25, 0.3) is 5.91 Å². The summed E-state index contributed by atoms with van der Waals surface area (Å²) in [5.41, 5.74) is 3.70. The van der Waals surface area contributed by atoms with Crippen molar-refractivity contribution in [2.45, 2.75) is 26.2 Å². The van der Waals surface area contributed by atoms with E-state index in [2.05, 4.69) is 48.0 Å². The Balaban J connectivity index is 1.38. The molecule has 1 aliphatic heterocycles. The second-order valence-electron chi connectivity index (χ2n) is 9.45. The normalized spacial score (nSPS) is 14.1. The molecular weight excluding hydrogens is 428 g/mol. The number of rotatable bonds is 5. The van der Waals surface area contributed by atoms with Crippen LogP contribution in [0.2, 0.25) is 0 Å². The molecule has 0 atom stereocenters. The highest BCUT2D eigenvalue weighted by Gasteiger charge is 2.24. The number of carbonyl (C=O) groups is 1. The Labute approximate surface area is 201 Å². The van der Waals surface area contributed by atoms with Gasteiger partial charge in [-0.3, -0.25) is 4.79 Å². The monoisotopic (exact) mass is 460 g/mol. The van der Waals surface area contributed by atoms with E-state index < -0.39 is 0 Å². The summed E-state index contributed by atoms with van der Waals surface area (Å²) in [6, 6.07) is 17.6. The number of anilines is 1. The van der Waals surface area contributed by atoms with Gasteiger partial charge in [-0.1, -0.05) is 32.9 Å². The van der Waals surface area contributed by atoms with Crippen LogP contribution in [0.3, 0.4) is 0 Å². The van der Waals surface area contributed by atoms with E-state index in [1.165, 1.54) is 5.56 Å². The summed E-state index contributed by atoms with van der Waals surface area (Å²) in [7, 11) is 3.23. The maximum Gasteiger partial charge on any atom is 0.253 e. The predicted molar refractivity (Wildman–Crippen MR) is 134 cm³/mol. The summed E-state index contributed by atoms with van der Waals surface area (Å²) in [5, 5.41) is 8.85. The van der Waals surface area contributed by atoms with Crippen LogP contribution in [0.1, 0.15) is 36.7 Å². The minimum atomic E-state index is 0.0727. The van der Waals surface area contributed by atoms with Crippen LogP contribution < -0.4 is 14.4 Å². The van der Waals surface area contributed by atoms with Crippen LogP contribution in [0.25, 0.3) is 11.3 Å². The SMILES string of the molecule is COc1ccc(-c2ccc(N3CCN(C(=O)c4ccc(C(C)(C)C)cc4)CC3)nn2)cc1OC. The molecule has 1 amide bonds. The molecular formula is C27H32N4O3. The van der Waals surface area contributed by atoms with Gasteiger partial charge < -0.3 is 19.3 Å². The van der Waals surface area contributed by atoms with Crippen LogP contribution in [0.15, 0.2) is 54.6 Å². The molecule has 4 rings (SSSR count). The molecule has 3 aromatic rings. The van der Waals surface area contributed by atoms with E-state index in [4.69, 9.17) is 9.47 Å². The average molecular weight is 461 g/mol. The van der Waals surface area contributed by atoms with Crippen molar-refractivity contribution in [3.05, 3.63) is 65.7 Å². The first-order chi connectivity index (χ1) is 16.3. The smallest absolute Gasteiger partial charge is 0.253 e. The zero-order valence-electron chi connectivity index (χ0n) is 20.5. The molecule has 1 aliphatic rings. The lowest BCUT2D eigenvalue weighted by atomic mass is 9.86. The Bertz CT molecular complexity index is 1130. The maximum atomic E-state index is 13.0. The van der Waals surface area contributed by atoms with Gasteiger partial charge in [-0.15, -0.1) is 10.2 Å². The van der Waals surface area contributed by atoms with Crippen molar-refractivity contribution in [3.63, 3.8) is 0 Å². The second-order valence-corrected chi connectivity index (χ2v) is 9.45. The molecule has 1 aromatic heterocycles. The van der Waals surface area contributed by atoms with E-state index in [1.807, 2.05) is 47.4 Å². The van der Waals surface area contributed by atoms with Crippen molar-refractivity contribution >= 4 is 11.7 Å². The van der Waals surface area contributed by atoms with Gasteiger partial charge in [0.05, 0.1) is 19.9 Å². The molecule has 0 saturated carbocycles. The van der Waals surface area contributed by atoms with Gasteiger partial charge in [-0.25, -0.2) is 0 Å². The molecule has 1 fully saturated rings. The molecule has 34 heavy (non-hydrogen) atoms. The Morgan fingerprint density at radius 2 is 1.50 bits per heavy atom. The largest absolute Gasteiger partial charge is 0.493 e. The lowest BCUT2D eigenvalue weighted by molar-refractivity contribution is 0.0746.